The van der Waals surface area contributed by atoms with E-state index in [2.05, 4.69) is 16.0 Å². The number of fused-ring (bicyclic) bond motifs is 2. The second kappa shape index (κ2) is 11.5. The Labute approximate surface area is 276 Å². The van der Waals surface area contributed by atoms with E-state index >= 15 is 4.39 Å². The normalized spacial score (nSPS) is 17.3. The van der Waals surface area contributed by atoms with Crippen molar-refractivity contribution in [3.63, 3.8) is 0 Å². The molecule has 250 valence electrons. The molecular formula is C32H26FN7O8S. The van der Waals surface area contributed by atoms with Gasteiger partial charge in [0.25, 0.3) is 11.8 Å². The fourth-order valence-electron chi connectivity index (χ4n) is 6.04. The summed E-state index contributed by atoms with van der Waals surface area (Å²) >= 11 is 0. The number of aromatic nitrogens is 2. The van der Waals surface area contributed by atoms with Gasteiger partial charge in [0.2, 0.25) is 11.8 Å². The Balaban J connectivity index is 1.07. The van der Waals surface area contributed by atoms with E-state index in [1.807, 2.05) is 0 Å². The minimum atomic E-state index is -4.37. The smallest absolute Gasteiger partial charge is 0.329 e. The topological polar surface area (TPSA) is 201 Å². The Morgan fingerprint density at radius 1 is 0.918 bits per heavy atom. The molecule has 2 saturated heterocycles. The fraction of sp³-hybridized carbons (Fsp3) is 0.156. The third-order valence-electron chi connectivity index (χ3n) is 8.41. The van der Waals surface area contributed by atoms with E-state index < -0.39 is 57.8 Å². The molecule has 4 aromatic carbocycles. The number of phenols is 1. The van der Waals surface area contributed by atoms with Crippen LogP contribution in [0.15, 0.2) is 71.5 Å². The summed E-state index contributed by atoms with van der Waals surface area (Å²) < 4.78 is 44.8. The number of anilines is 4. The van der Waals surface area contributed by atoms with E-state index in [4.69, 9.17) is 0 Å². The zero-order chi connectivity index (χ0) is 34.8. The number of aryl methyl sites for hydroxylation is 1. The lowest BCUT2D eigenvalue weighted by atomic mass is 10.0. The third-order valence-corrected chi connectivity index (χ3v) is 9.78. The van der Waals surface area contributed by atoms with E-state index in [0.29, 0.717) is 32.4 Å². The molecule has 0 spiro atoms. The number of nitrogens with zero attached hydrogens (tertiary/aromatic N) is 3. The lowest BCUT2D eigenvalue weighted by molar-refractivity contribution is -0.135. The van der Waals surface area contributed by atoms with E-state index in [-0.39, 0.29) is 40.8 Å². The Kier molecular flexibility index (Phi) is 7.35. The lowest BCUT2D eigenvalue weighted by Gasteiger charge is -2.21. The van der Waals surface area contributed by atoms with Crippen molar-refractivity contribution in [1.29, 1.82) is 0 Å². The van der Waals surface area contributed by atoms with E-state index in [0.717, 1.165) is 6.07 Å². The molecular weight excluding hydrogens is 661 g/mol. The Morgan fingerprint density at radius 2 is 1.63 bits per heavy atom. The van der Waals surface area contributed by atoms with Gasteiger partial charge in [0, 0.05) is 41.5 Å². The maximum atomic E-state index is 15.4. The highest BCUT2D eigenvalue weighted by Crippen LogP contribution is 2.38. The minimum Gasteiger partial charge on any atom is -0.506 e. The van der Waals surface area contributed by atoms with Crippen LogP contribution in [0.1, 0.15) is 29.2 Å². The maximum Gasteiger partial charge on any atom is 0.329 e. The molecule has 0 radical (unpaired) electrons. The second-order valence-corrected chi connectivity index (χ2v) is 13.2. The molecule has 1 atom stereocenters. The quantitative estimate of drug-likeness (QED) is 0.166. The highest BCUT2D eigenvalue weighted by Gasteiger charge is 2.38. The molecule has 4 amide bonds. The van der Waals surface area contributed by atoms with Gasteiger partial charge in [0.15, 0.2) is 5.82 Å². The molecule has 0 saturated carbocycles. The van der Waals surface area contributed by atoms with Gasteiger partial charge in [-0.2, -0.15) is 8.42 Å². The number of halogens is 1. The summed E-state index contributed by atoms with van der Waals surface area (Å²) in [6.07, 6.45) is 0.368. The number of piperidine rings is 1. The molecule has 1 unspecified atom stereocenters. The van der Waals surface area contributed by atoms with Gasteiger partial charge in [-0.1, -0.05) is 6.07 Å². The number of phenolic OH excluding ortho intramolecular Hbond substituents is 1. The monoisotopic (exact) mass is 687 g/mol. The predicted molar refractivity (Wildman–Crippen MR) is 176 cm³/mol. The standard InChI is InChI=1S/C32H26FN7O8S/c1-38-24-14-20(7-9-22(24)40(32(38)46)23-10-11-26(42)36-31(23)45)34-18-3-5-19(6-4-18)35-30(44)16-2-8-21-17(12-16)13-25(41)29(28(21)33)39-15-27(43)37-49(39,47)48/h2-9,12-14,23,34,41H,10-11,15H2,1H3,(H,35,44)(H,37,43)(H,36,42,45). The molecule has 1 aromatic heterocycles. The van der Waals surface area contributed by atoms with Crippen LogP contribution in [0.3, 0.4) is 0 Å². The largest absolute Gasteiger partial charge is 0.506 e. The highest BCUT2D eigenvalue weighted by molar-refractivity contribution is 7.92. The van der Waals surface area contributed by atoms with E-state index in [1.165, 1.54) is 27.3 Å². The second-order valence-electron chi connectivity index (χ2n) is 11.6. The van der Waals surface area contributed by atoms with Gasteiger partial charge in [-0.3, -0.25) is 33.6 Å². The first kappa shape index (κ1) is 31.4. The first-order valence-corrected chi connectivity index (χ1v) is 16.3. The molecule has 2 fully saturated rings. The average molecular weight is 688 g/mol. The zero-order valence-corrected chi connectivity index (χ0v) is 26.3. The van der Waals surface area contributed by atoms with Crippen LogP contribution in [0, 0.1) is 5.82 Å². The molecule has 15 nitrogen and oxygen atoms in total. The van der Waals surface area contributed by atoms with Gasteiger partial charge in [-0.25, -0.2) is 18.2 Å². The number of hydrogen-bond acceptors (Lipinski definition) is 9. The summed E-state index contributed by atoms with van der Waals surface area (Å²) in [6, 6.07) is 16.3. The van der Waals surface area contributed by atoms with Gasteiger partial charge in [-0.05, 0) is 72.5 Å². The molecule has 7 rings (SSSR count). The molecule has 17 heteroatoms. The van der Waals surface area contributed by atoms with Crippen molar-refractivity contribution in [1.82, 2.24) is 19.2 Å². The number of amides is 4. The van der Waals surface area contributed by atoms with Crippen molar-refractivity contribution in [3.8, 4) is 5.75 Å². The number of imidazole rings is 1. The summed E-state index contributed by atoms with van der Waals surface area (Å²) in [7, 11) is -2.77. The third kappa shape index (κ3) is 5.48. The molecule has 2 aliphatic heterocycles. The summed E-state index contributed by atoms with van der Waals surface area (Å²) in [5.74, 6) is -4.08. The summed E-state index contributed by atoms with van der Waals surface area (Å²) in [5, 5.41) is 18.8. The van der Waals surface area contributed by atoms with Gasteiger partial charge in [0.1, 0.15) is 24.0 Å². The van der Waals surface area contributed by atoms with Crippen molar-refractivity contribution in [2.24, 2.45) is 7.05 Å². The van der Waals surface area contributed by atoms with Crippen LogP contribution in [0.4, 0.5) is 27.1 Å². The number of rotatable bonds is 6. The molecule has 2 aliphatic rings. The summed E-state index contributed by atoms with van der Waals surface area (Å²) in [5.41, 5.74) is 1.96. The van der Waals surface area contributed by atoms with Crippen molar-refractivity contribution >= 4 is 78.4 Å². The Morgan fingerprint density at radius 3 is 2.33 bits per heavy atom. The first-order valence-electron chi connectivity index (χ1n) is 14.8. The average Bonchev–Trinajstić information content (AvgIpc) is 3.46. The van der Waals surface area contributed by atoms with Crippen molar-refractivity contribution in [2.75, 3.05) is 21.5 Å². The van der Waals surface area contributed by atoms with Crippen LogP contribution in [-0.4, -0.2) is 52.8 Å². The Bertz CT molecular complexity index is 2440. The van der Waals surface area contributed by atoms with Crippen molar-refractivity contribution in [2.45, 2.75) is 18.9 Å². The van der Waals surface area contributed by atoms with Crippen molar-refractivity contribution in [3.05, 3.63) is 88.6 Å². The fourth-order valence-corrected chi connectivity index (χ4v) is 7.20. The number of nitrogens with one attached hydrogen (secondary N) is 4. The molecule has 5 N–H and O–H groups in total. The predicted octanol–water partition coefficient (Wildman–Crippen LogP) is 2.49. The molecule has 0 aliphatic carbocycles. The lowest BCUT2D eigenvalue weighted by Crippen LogP contribution is -2.44. The molecule has 3 heterocycles. The van der Waals surface area contributed by atoms with Gasteiger partial charge in [-0.15, -0.1) is 0 Å². The highest BCUT2D eigenvalue weighted by atomic mass is 32.2. The number of benzene rings is 4. The van der Waals surface area contributed by atoms with Crippen LogP contribution in [0.2, 0.25) is 0 Å². The number of hydrogen-bond donors (Lipinski definition) is 5. The minimum absolute atomic E-state index is 0.0693. The van der Waals surface area contributed by atoms with Crippen LogP contribution < -0.4 is 30.7 Å². The number of carbonyl (C=O) groups is 4. The Hall–Kier alpha value is -6.23. The summed E-state index contributed by atoms with van der Waals surface area (Å²) in [4.78, 5) is 61.8. The number of imide groups is 1. The van der Waals surface area contributed by atoms with Gasteiger partial charge in [0.05, 0.1) is 11.0 Å². The number of aromatic hydroxyl groups is 1. The SMILES string of the molecule is Cn1c(=O)n(C2CCC(=O)NC2=O)c2ccc(Nc3ccc(NC(=O)c4ccc5c(F)c(N6CC(=O)NS6(=O)=O)c(O)cc5c4)cc3)cc21. The van der Waals surface area contributed by atoms with Crippen LogP contribution >= 0.6 is 0 Å². The van der Waals surface area contributed by atoms with E-state index in [9.17, 15) is 37.5 Å². The van der Waals surface area contributed by atoms with Crippen LogP contribution in [0.25, 0.3) is 21.8 Å². The molecule has 5 aromatic rings. The van der Waals surface area contributed by atoms with Crippen LogP contribution in [0.5, 0.6) is 5.75 Å². The number of carbonyl (C=O) groups excluding carboxylic acids is 4. The zero-order valence-electron chi connectivity index (χ0n) is 25.5. The van der Waals surface area contributed by atoms with Gasteiger partial charge < -0.3 is 15.7 Å². The molecule has 49 heavy (non-hydrogen) atoms. The van der Waals surface area contributed by atoms with Crippen LogP contribution in [-0.2, 0) is 31.6 Å². The van der Waals surface area contributed by atoms with Crippen molar-refractivity contribution < 1.29 is 37.1 Å². The maximum absolute atomic E-state index is 15.4. The summed E-state index contributed by atoms with van der Waals surface area (Å²) in [6.45, 7) is -0.690. The van der Waals surface area contributed by atoms with E-state index in [1.54, 1.807) is 54.2 Å². The molecule has 0 bridgehead atoms. The first-order chi connectivity index (χ1) is 23.3. The van der Waals surface area contributed by atoms with Gasteiger partial charge >= 0.3 is 15.9 Å².